The van der Waals surface area contributed by atoms with Gasteiger partial charge in [-0.15, -0.1) is 5.10 Å². The Hall–Kier alpha value is -3.62. The van der Waals surface area contributed by atoms with Gasteiger partial charge in [0, 0.05) is 37.5 Å². The summed E-state index contributed by atoms with van der Waals surface area (Å²) in [7, 11) is 0. The summed E-state index contributed by atoms with van der Waals surface area (Å²) in [5.74, 6) is 1.98. The third-order valence-electron chi connectivity index (χ3n) is 4.56. The maximum absolute atomic E-state index is 12.8. The fourth-order valence-corrected chi connectivity index (χ4v) is 3.18. The molecule has 0 atom stereocenters. The summed E-state index contributed by atoms with van der Waals surface area (Å²) in [6, 6.07) is 11.6. The summed E-state index contributed by atoms with van der Waals surface area (Å²) < 4.78 is 3.39. The molecular formula is C18H16N8O. The molecule has 0 spiro atoms. The monoisotopic (exact) mass is 360 g/mol. The molecule has 1 aromatic carbocycles. The van der Waals surface area contributed by atoms with Crippen LogP contribution in [-0.4, -0.2) is 58.2 Å². The van der Waals surface area contributed by atoms with Crippen molar-refractivity contribution >= 4 is 11.7 Å². The number of carbonyl (C=O) groups is 1. The quantitative estimate of drug-likeness (QED) is 0.531. The molecule has 9 heteroatoms. The van der Waals surface area contributed by atoms with Gasteiger partial charge in [-0.05, 0) is 6.07 Å². The molecule has 9 nitrogen and oxygen atoms in total. The van der Waals surface area contributed by atoms with E-state index in [2.05, 4.69) is 25.1 Å². The molecule has 0 saturated carbocycles. The first-order chi connectivity index (χ1) is 13.3. The molecule has 27 heavy (non-hydrogen) atoms. The number of fused-ring (bicyclic) bond motifs is 2. The summed E-state index contributed by atoms with van der Waals surface area (Å²) >= 11 is 0. The van der Waals surface area contributed by atoms with Gasteiger partial charge in [0.05, 0.1) is 6.54 Å². The number of benzene rings is 1. The second-order valence-corrected chi connectivity index (χ2v) is 6.28. The van der Waals surface area contributed by atoms with Crippen LogP contribution in [0.3, 0.4) is 0 Å². The third kappa shape index (κ3) is 2.82. The zero-order valence-electron chi connectivity index (χ0n) is 14.4. The molecule has 0 unspecified atom stereocenters. The summed E-state index contributed by atoms with van der Waals surface area (Å²) in [5.41, 5.74) is 0.993. The first-order valence-electron chi connectivity index (χ1n) is 8.74. The van der Waals surface area contributed by atoms with E-state index >= 15 is 0 Å². The molecule has 134 valence electrons. The zero-order valence-corrected chi connectivity index (χ0v) is 14.4. The lowest BCUT2D eigenvalue weighted by atomic mass is 10.2. The van der Waals surface area contributed by atoms with Crippen molar-refractivity contribution in [1.82, 2.24) is 39.2 Å². The summed E-state index contributed by atoms with van der Waals surface area (Å²) in [4.78, 5) is 27.5. The second-order valence-electron chi connectivity index (χ2n) is 6.28. The minimum absolute atomic E-state index is 0.158. The van der Waals surface area contributed by atoms with Crippen molar-refractivity contribution in [2.75, 3.05) is 13.1 Å². The van der Waals surface area contributed by atoms with E-state index < -0.39 is 0 Å². The van der Waals surface area contributed by atoms with Gasteiger partial charge < -0.3 is 4.90 Å². The normalized spacial score (nSPS) is 14.1. The van der Waals surface area contributed by atoms with Crippen LogP contribution in [0.2, 0.25) is 0 Å². The molecule has 5 rings (SSSR count). The second kappa shape index (κ2) is 6.27. The smallest absolute Gasteiger partial charge is 0.293 e. The molecule has 1 amide bonds. The van der Waals surface area contributed by atoms with Crippen molar-refractivity contribution in [3.05, 3.63) is 60.4 Å². The average Bonchev–Trinajstić information content (AvgIpc) is 3.28. The van der Waals surface area contributed by atoms with Crippen LogP contribution in [-0.2, 0) is 13.0 Å². The van der Waals surface area contributed by atoms with E-state index in [1.165, 1.54) is 4.52 Å². The predicted octanol–water partition coefficient (Wildman–Crippen LogP) is 1.08. The van der Waals surface area contributed by atoms with E-state index in [0.29, 0.717) is 31.8 Å². The molecule has 1 aliphatic heterocycles. The topological polar surface area (TPSA) is 94.1 Å². The number of rotatable bonds is 2. The van der Waals surface area contributed by atoms with Gasteiger partial charge in [0.2, 0.25) is 5.82 Å². The lowest BCUT2D eigenvalue weighted by molar-refractivity contribution is 0.0746. The Morgan fingerprint density at radius 2 is 1.85 bits per heavy atom. The van der Waals surface area contributed by atoms with Gasteiger partial charge in [-0.25, -0.2) is 19.2 Å². The minimum atomic E-state index is -0.200. The van der Waals surface area contributed by atoms with Crippen molar-refractivity contribution in [2.45, 2.75) is 13.0 Å². The molecule has 0 N–H and O–H groups in total. The van der Waals surface area contributed by atoms with Crippen LogP contribution >= 0.6 is 0 Å². The van der Waals surface area contributed by atoms with Crippen LogP contribution in [0.5, 0.6) is 0 Å². The Morgan fingerprint density at radius 3 is 2.70 bits per heavy atom. The Bertz CT molecular complexity index is 1060. The molecule has 0 saturated heterocycles. The van der Waals surface area contributed by atoms with E-state index in [4.69, 9.17) is 0 Å². The first kappa shape index (κ1) is 15.6. The number of hydrogen-bond acceptors (Lipinski definition) is 6. The van der Waals surface area contributed by atoms with Gasteiger partial charge in [-0.3, -0.25) is 4.79 Å². The van der Waals surface area contributed by atoms with Gasteiger partial charge in [0.25, 0.3) is 11.7 Å². The third-order valence-corrected chi connectivity index (χ3v) is 4.56. The Morgan fingerprint density at radius 1 is 0.963 bits per heavy atom. The van der Waals surface area contributed by atoms with Crippen LogP contribution in [0, 0.1) is 0 Å². The molecule has 4 heterocycles. The number of carbonyl (C=O) groups excluding carboxylic acids is 1. The summed E-state index contributed by atoms with van der Waals surface area (Å²) in [5, 5.41) is 8.83. The van der Waals surface area contributed by atoms with E-state index in [1.54, 1.807) is 23.4 Å². The Labute approximate surface area is 154 Å². The molecular weight excluding hydrogens is 344 g/mol. The maximum atomic E-state index is 12.8. The number of aromatic nitrogens is 7. The number of hydrogen-bond donors (Lipinski definition) is 0. The highest BCUT2D eigenvalue weighted by Gasteiger charge is 2.25. The van der Waals surface area contributed by atoms with Gasteiger partial charge in [0.1, 0.15) is 5.82 Å². The van der Waals surface area contributed by atoms with Crippen LogP contribution < -0.4 is 0 Å². The molecule has 3 aromatic heterocycles. The van der Waals surface area contributed by atoms with Gasteiger partial charge in [0.15, 0.2) is 5.82 Å². The fourth-order valence-electron chi connectivity index (χ4n) is 3.18. The van der Waals surface area contributed by atoms with Gasteiger partial charge in [-0.2, -0.15) is 10.1 Å². The lowest BCUT2D eigenvalue weighted by Crippen LogP contribution is -2.34. The fraction of sp³-hybridized carbons (Fsp3) is 0.222. The van der Waals surface area contributed by atoms with Crippen molar-refractivity contribution in [3.8, 4) is 11.4 Å². The van der Waals surface area contributed by atoms with Crippen LogP contribution in [0.25, 0.3) is 17.2 Å². The van der Waals surface area contributed by atoms with E-state index in [1.807, 2.05) is 35.0 Å². The largest absolute Gasteiger partial charge is 0.334 e. The molecule has 0 aliphatic carbocycles. The summed E-state index contributed by atoms with van der Waals surface area (Å²) in [6.07, 6.45) is 3.98. The van der Waals surface area contributed by atoms with Crippen LogP contribution in [0.1, 0.15) is 16.4 Å². The molecule has 1 aliphatic rings. The van der Waals surface area contributed by atoms with Crippen molar-refractivity contribution < 1.29 is 4.79 Å². The maximum Gasteiger partial charge on any atom is 0.293 e. The summed E-state index contributed by atoms with van der Waals surface area (Å²) in [6.45, 7) is 1.67. The highest BCUT2D eigenvalue weighted by Crippen LogP contribution is 2.17. The predicted molar refractivity (Wildman–Crippen MR) is 95.8 cm³/mol. The van der Waals surface area contributed by atoms with Crippen molar-refractivity contribution in [2.24, 2.45) is 0 Å². The minimum Gasteiger partial charge on any atom is -0.334 e. The number of amides is 1. The van der Waals surface area contributed by atoms with Gasteiger partial charge >= 0.3 is 0 Å². The zero-order chi connectivity index (χ0) is 18.2. The van der Waals surface area contributed by atoms with E-state index in [0.717, 1.165) is 17.2 Å². The molecule has 0 radical (unpaired) electrons. The highest BCUT2D eigenvalue weighted by molar-refractivity contribution is 5.90. The SMILES string of the molecule is O=C(c1nc2ncccn2n1)N1CCc2nc(-c3ccccc3)nn2CC1. The first-order valence-corrected chi connectivity index (χ1v) is 8.74. The Kier molecular flexibility index (Phi) is 3.63. The van der Waals surface area contributed by atoms with Crippen LogP contribution in [0.15, 0.2) is 48.8 Å². The Balaban J connectivity index is 1.35. The average molecular weight is 360 g/mol. The van der Waals surface area contributed by atoms with Crippen molar-refractivity contribution in [1.29, 1.82) is 0 Å². The molecule has 4 aromatic rings. The molecule has 0 fully saturated rings. The van der Waals surface area contributed by atoms with Crippen molar-refractivity contribution in [3.63, 3.8) is 0 Å². The lowest BCUT2D eigenvalue weighted by Gasteiger charge is -2.17. The van der Waals surface area contributed by atoms with E-state index in [9.17, 15) is 4.79 Å². The van der Waals surface area contributed by atoms with E-state index in [-0.39, 0.29) is 11.7 Å². The standard InChI is InChI=1S/C18H16N8O/c27-17(16-21-18-19-8-4-9-26(18)23-16)24-10-7-14-20-15(22-25(14)12-11-24)13-5-2-1-3-6-13/h1-6,8-9H,7,10-12H2. The van der Waals surface area contributed by atoms with Gasteiger partial charge in [-0.1, -0.05) is 30.3 Å². The van der Waals surface area contributed by atoms with Crippen LogP contribution in [0.4, 0.5) is 0 Å². The molecule has 0 bridgehead atoms. The number of nitrogens with zero attached hydrogens (tertiary/aromatic N) is 8. The highest BCUT2D eigenvalue weighted by atomic mass is 16.2.